The molecule has 0 atom stereocenters. The van der Waals surface area contributed by atoms with Gasteiger partial charge in [0.1, 0.15) is 5.01 Å². The number of hydrogen-bond acceptors (Lipinski definition) is 5. The lowest BCUT2D eigenvalue weighted by molar-refractivity contribution is 1.08. The molecule has 3 aromatic rings. The predicted molar refractivity (Wildman–Crippen MR) is 86.5 cm³/mol. The van der Waals surface area contributed by atoms with E-state index in [9.17, 15) is 0 Å². The molecule has 3 rings (SSSR count). The summed E-state index contributed by atoms with van der Waals surface area (Å²) in [5, 5.41) is 9.77. The van der Waals surface area contributed by atoms with Crippen molar-refractivity contribution in [2.75, 3.05) is 5.32 Å². The number of nitrogens with one attached hydrogen (secondary N) is 1. The van der Waals surface area contributed by atoms with Gasteiger partial charge < -0.3 is 5.32 Å². The van der Waals surface area contributed by atoms with Crippen LogP contribution in [0.3, 0.4) is 0 Å². The van der Waals surface area contributed by atoms with Crippen LogP contribution in [0, 0.1) is 13.8 Å². The predicted octanol–water partition coefficient (Wildman–Crippen LogP) is 4.50. The molecular formula is C15H15N3S2. The molecule has 0 unspecified atom stereocenters. The number of rotatable bonds is 4. The van der Waals surface area contributed by atoms with Crippen molar-refractivity contribution in [1.29, 1.82) is 0 Å². The zero-order valence-corrected chi connectivity index (χ0v) is 13.0. The first-order chi connectivity index (χ1) is 9.70. The van der Waals surface area contributed by atoms with Crippen LogP contribution >= 0.6 is 22.7 Å². The third-order valence-electron chi connectivity index (χ3n) is 2.91. The quantitative estimate of drug-likeness (QED) is 0.771. The highest BCUT2D eigenvalue weighted by Gasteiger charge is 2.03. The summed E-state index contributed by atoms with van der Waals surface area (Å²) < 4.78 is 0. The van der Waals surface area contributed by atoms with Crippen LogP contribution in [0.4, 0.5) is 5.69 Å². The molecule has 0 aliphatic rings. The molecule has 3 nitrogen and oxygen atoms in total. The largest absolute Gasteiger partial charge is 0.379 e. The van der Waals surface area contributed by atoms with Crippen molar-refractivity contribution in [1.82, 2.24) is 9.97 Å². The monoisotopic (exact) mass is 301 g/mol. The van der Waals surface area contributed by atoms with E-state index in [4.69, 9.17) is 0 Å². The molecule has 0 aliphatic carbocycles. The fourth-order valence-electron chi connectivity index (χ4n) is 1.92. The van der Waals surface area contributed by atoms with Crippen molar-refractivity contribution in [2.45, 2.75) is 20.4 Å². The van der Waals surface area contributed by atoms with Gasteiger partial charge in [-0.05, 0) is 26.0 Å². The van der Waals surface area contributed by atoms with E-state index in [1.54, 1.807) is 22.7 Å². The van der Waals surface area contributed by atoms with E-state index in [2.05, 4.69) is 50.3 Å². The van der Waals surface area contributed by atoms with Crippen molar-refractivity contribution in [3.8, 4) is 11.3 Å². The molecule has 0 amide bonds. The second-order valence-corrected chi connectivity index (χ2v) is 6.57. The second kappa shape index (κ2) is 5.73. The van der Waals surface area contributed by atoms with Crippen LogP contribution in [0.2, 0.25) is 0 Å². The highest BCUT2D eigenvalue weighted by Crippen LogP contribution is 2.23. The van der Waals surface area contributed by atoms with Crippen LogP contribution in [-0.4, -0.2) is 9.97 Å². The van der Waals surface area contributed by atoms with Crippen LogP contribution in [0.1, 0.15) is 15.7 Å². The van der Waals surface area contributed by atoms with E-state index < -0.39 is 0 Å². The van der Waals surface area contributed by atoms with Gasteiger partial charge in [-0.25, -0.2) is 9.97 Å². The molecule has 0 bridgehead atoms. The third-order valence-corrected chi connectivity index (χ3v) is 4.65. The fourth-order valence-corrected chi connectivity index (χ4v) is 3.25. The lowest BCUT2D eigenvalue weighted by Crippen LogP contribution is -1.98. The molecule has 0 aliphatic heterocycles. The Balaban J connectivity index is 1.67. The Morgan fingerprint density at radius 3 is 2.40 bits per heavy atom. The second-order valence-electron chi connectivity index (χ2n) is 4.57. The summed E-state index contributed by atoms with van der Waals surface area (Å²) >= 11 is 3.37. The molecule has 1 N–H and O–H groups in total. The maximum Gasteiger partial charge on any atom is 0.112 e. The van der Waals surface area contributed by atoms with Crippen molar-refractivity contribution in [2.24, 2.45) is 0 Å². The van der Waals surface area contributed by atoms with Gasteiger partial charge in [-0.1, -0.05) is 12.1 Å². The molecule has 5 heteroatoms. The van der Waals surface area contributed by atoms with Crippen molar-refractivity contribution >= 4 is 28.4 Å². The average molecular weight is 301 g/mol. The molecular weight excluding hydrogens is 286 g/mol. The van der Waals surface area contributed by atoms with E-state index in [1.807, 2.05) is 13.8 Å². The molecule has 0 saturated heterocycles. The number of thiazole rings is 2. The first-order valence-corrected chi connectivity index (χ1v) is 8.14. The molecule has 0 radical (unpaired) electrons. The summed E-state index contributed by atoms with van der Waals surface area (Å²) in [6, 6.07) is 8.38. The van der Waals surface area contributed by atoms with E-state index in [0.29, 0.717) is 0 Å². The van der Waals surface area contributed by atoms with Crippen LogP contribution in [0.15, 0.2) is 35.0 Å². The lowest BCUT2D eigenvalue weighted by Gasteiger charge is -2.05. The number of aryl methyl sites for hydroxylation is 2. The fraction of sp³-hybridized carbons (Fsp3) is 0.200. The minimum Gasteiger partial charge on any atom is -0.379 e. The Morgan fingerprint density at radius 2 is 1.80 bits per heavy atom. The van der Waals surface area contributed by atoms with Gasteiger partial charge in [0.05, 0.1) is 17.2 Å². The summed E-state index contributed by atoms with van der Waals surface area (Å²) in [7, 11) is 0. The Hall–Kier alpha value is -1.72. The van der Waals surface area contributed by atoms with Crippen LogP contribution in [0.5, 0.6) is 0 Å². The van der Waals surface area contributed by atoms with Gasteiger partial charge in [0.25, 0.3) is 0 Å². The van der Waals surface area contributed by atoms with Gasteiger partial charge in [0.2, 0.25) is 0 Å². The zero-order chi connectivity index (χ0) is 13.9. The molecule has 102 valence electrons. The summed E-state index contributed by atoms with van der Waals surface area (Å²) in [5.74, 6) is 0. The van der Waals surface area contributed by atoms with Gasteiger partial charge in [-0.15, -0.1) is 22.7 Å². The summed E-state index contributed by atoms with van der Waals surface area (Å²) in [5.41, 5.74) is 4.40. The highest BCUT2D eigenvalue weighted by atomic mass is 32.1. The molecule has 2 aromatic heterocycles. The van der Waals surface area contributed by atoms with E-state index >= 15 is 0 Å². The van der Waals surface area contributed by atoms with E-state index in [1.165, 1.54) is 0 Å². The standard InChI is InChI=1S/C15H15N3S2/c1-10-8-20-15(17-10)7-16-13-5-3-12(4-6-13)14-9-19-11(2)18-14/h3-6,8-9,16H,7H2,1-2H3. The minimum absolute atomic E-state index is 0.771. The Bertz CT molecular complexity index is 698. The van der Waals surface area contributed by atoms with E-state index in [0.717, 1.165) is 39.2 Å². The number of aromatic nitrogens is 2. The van der Waals surface area contributed by atoms with E-state index in [-0.39, 0.29) is 0 Å². The SMILES string of the molecule is Cc1csc(CNc2ccc(-c3csc(C)n3)cc2)n1. The molecule has 0 fully saturated rings. The topological polar surface area (TPSA) is 37.8 Å². The Morgan fingerprint density at radius 1 is 1.00 bits per heavy atom. The minimum atomic E-state index is 0.771. The summed E-state index contributed by atoms with van der Waals surface area (Å²) in [4.78, 5) is 8.94. The molecule has 0 saturated carbocycles. The van der Waals surface area contributed by atoms with Gasteiger partial charge in [0, 0.05) is 27.7 Å². The van der Waals surface area contributed by atoms with Gasteiger partial charge in [-0.2, -0.15) is 0 Å². The number of anilines is 1. The van der Waals surface area contributed by atoms with Crippen LogP contribution in [-0.2, 0) is 6.54 Å². The zero-order valence-electron chi connectivity index (χ0n) is 11.4. The Labute approximate surface area is 126 Å². The lowest BCUT2D eigenvalue weighted by atomic mass is 10.1. The molecule has 1 aromatic carbocycles. The maximum absolute atomic E-state index is 4.50. The summed E-state index contributed by atoms with van der Waals surface area (Å²) in [6.45, 7) is 4.82. The van der Waals surface area contributed by atoms with Crippen molar-refractivity contribution in [3.05, 3.63) is 50.7 Å². The summed E-state index contributed by atoms with van der Waals surface area (Å²) in [6.07, 6.45) is 0. The maximum atomic E-state index is 4.50. The van der Waals surface area contributed by atoms with Crippen LogP contribution < -0.4 is 5.32 Å². The normalized spacial score (nSPS) is 10.7. The highest BCUT2D eigenvalue weighted by molar-refractivity contribution is 7.10. The van der Waals surface area contributed by atoms with Crippen molar-refractivity contribution in [3.63, 3.8) is 0 Å². The first kappa shape index (κ1) is 13.3. The smallest absolute Gasteiger partial charge is 0.112 e. The third kappa shape index (κ3) is 3.05. The number of benzene rings is 1. The number of nitrogens with zero attached hydrogens (tertiary/aromatic N) is 2. The van der Waals surface area contributed by atoms with Crippen molar-refractivity contribution < 1.29 is 0 Å². The van der Waals surface area contributed by atoms with Crippen LogP contribution in [0.25, 0.3) is 11.3 Å². The van der Waals surface area contributed by atoms with Gasteiger partial charge in [-0.3, -0.25) is 0 Å². The number of hydrogen-bond donors (Lipinski definition) is 1. The Kier molecular flexibility index (Phi) is 3.80. The molecule has 20 heavy (non-hydrogen) atoms. The average Bonchev–Trinajstić information content (AvgIpc) is 3.06. The van der Waals surface area contributed by atoms with Gasteiger partial charge in [0.15, 0.2) is 0 Å². The first-order valence-electron chi connectivity index (χ1n) is 6.38. The van der Waals surface area contributed by atoms with Gasteiger partial charge >= 0.3 is 0 Å². The molecule has 0 spiro atoms. The molecule has 2 heterocycles.